The third-order valence-corrected chi connectivity index (χ3v) is 8.51. The number of rotatable bonds is 9. The molecule has 0 aliphatic carbocycles. The quantitative estimate of drug-likeness (QED) is 0.580. The molecular weight excluding hydrogens is 416 g/mol. The smallest absolute Gasteiger partial charge is 0.243 e. The zero-order valence-corrected chi connectivity index (χ0v) is 19.3. The average Bonchev–Trinajstić information content (AvgIpc) is 3.26. The van der Waals surface area contributed by atoms with Crippen molar-refractivity contribution in [1.29, 1.82) is 0 Å². The van der Waals surface area contributed by atoms with Crippen LogP contribution in [0, 0.1) is 0 Å². The molecule has 3 rings (SSSR count). The molecule has 1 aliphatic heterocycles. The van der Waals surface area contributed by atoms with Crippen molar-refractivity contribution < 1.29 is 13.2 Å². The molecule has 1 atom stereocenters. The molecule has 2 aromatic rings. The number of carbonyl (C=O) groups is 1. The first-order valence-corrected chi connectivity index (χ1v) is 12.8. The summed E-state index contributed by atoms with van der Waals surface area (Å²) in [6, 6.07) is 16.7. The van der Waals surface area contributed by atoms with Crippen LogP contribution in [0.2, 0.25) is 0 Å². The van der Waals surface area contributed by atoms with Crippen LogP contribution in [-0.2, 0) is 14.8 Å². The van der Waals surface area contributed by atoms with Crippen molar-refractivity contribution in [3.05, 3.63) is 54.6 Å². The van der Waals surface area contributed by atoms with E-state index in [2.05, 4.69) is 4.90 Å². The zero-order valence-electron chi connectivity index (χ0n) is 17.7. The van der Waals surface area contributed by atoms with Gasteiger partial charge < -0.3 is 4.90 Å². The predicted octanol–water partition coefficient (Wildman–Crippen LogP) is 4.11. The summed E-state index contributed by atoms with van der Waals surface area (Å²) in [5.74, 6) is 0.455. The summed E-state index contributed by atoms with van der Waals surface area (Å²) in [5, 5.41) is 0.00551. The standard InChI is InChI=1S/C23H30N2O3S2/c1-19(18-29-20(2)26)25(17-16-24-14-6-7-15-24)30(27,28)23-12-10-22(11-13-23)21-8-4-3-5-9-21/h3-5,8-13,19H,6-7,14-18H2,1-2H3/t19-/m1/s1. The third-order valence-electron chi connectivity index (χ3n) is 5.42. The maximum Gasteiger partial charge on any atom is 0.243 e. The van der Waals surface area contributed by atoms with E-state index in [1.807, 2.05) is 49.4 Å². The summed E-state index contributed by atoms with van der Waals surface area (Å²) in [4.78, 5) is 14.0. The van der Waals surface area contributed by atoms with Gasteiger partial charge in [0.15, 0.2) is 5.12 Å². The van der Waals surface area contributed by atoms with Gasteiger partial charge >= 0.3 is 0 Å². The first-order chi connectivity index (χ1) is 14.4. The number of sulfonamides is 1. The van der Waals surface area contributed by atoms with Crippen molar-refractivity contribution in [3.8, 4) is 11.1 Å². The molecule has 30 heavy (non-hydrogen) atoms. The second kappa shape index (κ2) is 10.6. The summed E-state index contributed by atoms with van der Waals surface area (Å²) in [6.45, 7) is 6.60. The van der Waals surface area contributed by atoms with E-state index in [0.29, 0.717) is 17.2 Å². The van der Waals surface area contributed by atoms with Crippen molar-refractivity contribution in [1.82, 2.24) is 9.21 Å². The van der Waals surface area contributed by atoms with Crippen LogP contribution in [0.25, 0.3) is 11.1 Å². The number of likely N-dealkylation sites (tertiary alicyclic amines) is 1. The molecule has 5 nitrogen and oxygen atoms in total. The lowest BCUT2D eigenvalue weighted by Crippen LogP contribution is -2.44. The van der Waals surface area contributed by atoms with Crippen LogP contribution in [0.4, 0.5) is 0 Å². The summed E-state index contributed by atoms with van der Waals surface area (Å²) < 4.78 is 28.5. The Bertz CT molecular complexity index is 925. The molecule has 2 aromatic carbocycles. The minimum atomic E-state index is -3.66. The predicted molar refractivity (Wildman–Crippen MR) is 124 cm³/mol. The molecule has 1 heterocycles. The number of hydrogen-bond acceptors (Lipinski definition) is 5. The van der Waals surface area contributed by atoms with Gasteiger partial charge in [-0.25, -0.2) is 8.42 Å². The highest BCUT2D eigenvalue weighted by Gasteiger charge is 2.30. The molecule has 0 bridgehead atoms. The van der Waals surface area contributed by atoms with E-state index in [1.54, 1.807) is 16.4 Å². The third kappa shape index (κ3) is 5.94. The van der Waals surface area contributed by atoms with E-state index in [4.69, 9.17) is 0 Å². The van der Waals surface area contributed by atoms with Gasteiger partial charge in [0.25, 0.3) is 0 Å². The van der Waals surface area contributed by atoms with Crippen LogP contribution < -0.4 is 0 Å². The lowest BCUT2D eigenvalue weighted by molar-refractivity contribution is -0.109. The van der Waals surface area contributed by atoms with Crippen molar-refractivity contribution >= 4 is 26.9 Å². The van der Waals surface area contributed by atoms with E-state index in [0.717, 1.165) is 30.8 Å². The topological polar surface area (TPSA) is 57.7 Å². The molecule has 0 radical (unpaired) electrons. The molecule has 0 spiro atoms. The number of hydrogen-bond donors (Lipinski definition) is 0. The van der Waals surface area contributed by atoms with Crippen LogP contribution in [0.3, 0.4) is 0 Å². The van der Waals surface area contributed by atoms with E-state index >= 15 is 0 Å². The van der Waals surface area contributed by atoms with Crippen LogP contribution in [0.1, 0.15) is 26.7 Å². The Balaban J connectivity index is 1.80. The van der Waals surface area contributed by atoms with Crippen LogP contribution in [0.15, 0.2) is 59.5 Å². The molecule has 1 saturated heterocycles. The largest absolute Gasteiger partial charge is 0.302 e. The fourth-order valence-electron chi connectivity index (χ4n) is 3.73. The van der Waals surface area contributed by atoms with Gasteiger partial charge in [0.2, 0.25) is 10.0 Å². The first kappa shape index (κ1) is 23.0. The highest BCUT2D eigenvalue weighted by molar-refractivity contribution is 8.13. The Morgan fingerprint density at radius 2 is 1.63 bits per heavy atom. The van der Waals surface area contributed by atoms with Crippen LogP contribution >= 0.6 is 11.8 Å². The Labute approximate surface area is 184 Å². The van der Waals surface area contributed by atoms with Crippen molar-refractivity contribution in [2.24, 2.45) is 0 Å². The fraction of sp³-hybridized carbons (Fsp3) is 0.435. The molecule has 0 aromatic heterocycles. The molecule has 1 aliphatic rings. The Morgan fingerprint density at radius 3 is 2.23 bits per heavy atom. The van der Waals surface area contributed by atoms with E-state index in [-0.39, 0.29) is 11.2 Å². The number of carbonyl (C=O) groups excluding carboxylic acids is 1. The highest BCUT2D eigenvalue weighted by atomic mass is 32.2. The minimum absolute atomic E-state index is 0.00551. The Hall–Kier alpha value is -1.67. The van der Waals surface area contributed by atoms with Gasteiger partial charge in [-0.2, -0.15) is 4.31 Å². The van der Waals surface area contributed by atoms with Gasteiger partial charge in [-0.3, -0.25) is 4.79 Å². The van der Waals surface area contributed by atoms with E-state index in [1.165, 1.54) is 31.5 Å². The van der Waals surface area contributed by atoms with Gasteiger partial charge in [0.05, 0.1) is 4.90 Å². The summed E-state index contributed by atoms with van der Waals surface area (Å²) >= 11 is 1.18. The minimum Gasteiger partial charge on any atom is -0.302 e. The van der Waals surface area contributed by atoms with Crippen LogP contribution in [-0.4, -0.2) is 60.7 Å². The highest BCUT2D eigenvalue weighted by Crippen LogP contribution is 2.25. The zero-order chi connectivity index (χ0) is 21.6. The lowest BCUT2D eigenvalue weighted by Gasteiger charge is -2.30. The lowest BCUT2D eigenvalue weighted by atomic mass is 10.1. The monoisotopic (exact) mass is 446 g/mol. The van der Waals surface area contributed by atoms with Gasteiger partial charge in [-0.15, -0.1) is 0 Å². The molecule has 0 saturated carbocycles. The summed E-state index contributed by atoms with van der Waals surface area (Å²) in [5.41, 5.74) is 2.04. The second-order valence-electron chi connectivity index (χ2n) is 7.71. The number of benzene rings is 2. The van der Waals surface area contributed by atoms with Gasteiger partial charge in [-0.1, -0.05) is 54.2 Å². The normalized spacial score (nSPS) is 16.1. The molecule has 0 unspecified atom stereocenters. The number of thioether (sulfide) groups is 1. The van der Waals surface area contributed by atoms with E-state index in [9.17, 15) is 13.2 Å². The van der Waals surface area contributed by atoms with Crippen molar-refractivity contribution in [3.63, 3.8) is 0 Å². The maximum atomic E-state index is 13.5. The second-order valence-corrected chi connectivity index (χ2v) is 10.8. The maximum absolute atomic E-state index is 13.5. The van der Waals surface area contributed by atoms with Crippen LogP contribution in [0.5, 0.6) is 0 Å². The van der Waals surface area contributed by atoms with Gasteiger partial charge in [0.1, 0.15) is 0 Å². The molecule has 1 fully saturated rings. The van der Waals surface area contributed by atoms with Gasteiger partial charge in [0, 0.05) is 31.8 Å². The molecule has 0 amide bonds. The molecular formula is C23H30N2O3S2. The molecule has 162 valence electrons. The fourth-order valence-corrected chi connectivity index (χ4v) is 6.10. The first-order valence-electron chi connectivity index (χ1n) is 10.4. The average molecular weight is 447 g/mol. The Kier molecular flexibility index (Phi) is 8.11. The molecule has 0 N–H and O–H groups in total. The Morgan fingerprint density at radius 1 is 1.03 bits per heavy atom. The van der Waals surface area contributed by atoms with Crippen molar-refractivity contribution in [2.75, 3.05) is 31.9 Å². The van der Waals surface area contributed by atoms with E-state index < -0.39 is 10.0 Å². The summed E-state index contributed by atoms with van der Waals surface area (Å²) in [6.07, 6.45) is 2.34. The number of nitrogens with zero attached hydrogens (tertiary/aromatic N) is 2. The molecule has 7 heteroatoms. The SMILES string of the molecule is CC(=O)SC[C@@H](C)N(CCN1CCCC1)S(=O)(=O)c1ccc(-c2ccccc2)cc1. The van der Waals surface area contributed by atoms with Crippen molar-refractivity contribution in [2.45, 2.75) is 37.6 Å². The van der Waals surface area contributed by atoms with Gasteiger partial charge in [-0.05, 0) is 56.1 Å². The summed E-state index contributed by atoms with van der Waals surface area (Å²) in [7, 11) is -3.66.